The lowest BCUT2D eigenvalue weighted by Gasteiger charge is -2.10. The van der Waals surface area contributed by atoms with E-state index >= 15 is 0 Å². The summed E-state index contributed by atoms with van der Waals surface area (Å²) < 4.78 is 5.69. The van der Waals surface area contributed by atoms with Gasteiger partial charge in [-0.05, 0) is 44.2 Å². The van der Waals surface area contributed by atoms with Crippen LogP contribution in [0.4, 0.5) is 0 Å². The number of rotatable bonds is 6. The van der Waals surface area contributed by atoms with Crippen molar-refractivity contribution >= 4 is 5.91 Å². The van der Waals surface area contributed by atoms with Crippen LogP contribution in [0.3, 0.4) is 0 Å². The quantitative estimate of drug-likeness (QED) is 0.887. The number of hydrogen-bond donors (Lipinski definition) is 1. The number of carbonyl (C=O) groups excluding carboxylic acids is 1. The van der Waals surface area contributed by atoms with E-state index in [1.54, 1.807) is 18.3 Å². The van der Waals surface area contributed by atoms with Crippen molar-refractivity contribution in [1.82, 2.24) is 10.3 Å². The fourth-order valence-corrected chi connectivity index (χ4v) is 1.89. The first-order valence-corrected chi connectivity index (χ1v) is 7.09. The third-order valence-electron chi connectivity index (χ3n) is 2.87. The highest BCUT2D eigenvalue weighted by molar-refractivity contribution is 5.94. The highest BCUT2D eigenvalue weighted by atomic mass is 16.5. The molecule has 0 radical (unpaired) electrons. The molecule has 0 saturated heterocycles. The fourth-order valence-electron chi connectivity index (χ4n) is 1.89. The number of hydrogen-bond acceptors (Lipinski definition) is 3. The van der Waals surface area contributed by atoms with Crippen LogP contribution in [0.15, 0.2) is 48.7 Å². The molecule has 4 heteroatoms. The predicted molar refractivity (Wildman–Crippen MR) is 82.5 cm³/mol. The molecular formula is C17H20N2O2. The van der Waals surface area contributed by atoms with Gasteiger partial charge in [0, 0.05) is 29.9 Å². The average Bonchev–Trinajstić information content (AvgIpc) is 2.48. The first kappa shape index (κ1) is 15.0. The number of nitrogens with one attached hydrogen (secondary N) is 1. The Labute approximate surface area is 125 Å². The van der Waals surface area contributed by atoms with Crippen LogP contribution >= 0.6 is 0 Å². The maximum Gasteiger partial charge on any atom is 0.251 e. The lowest BCUT2D eigenvalue weighted by atomic mass is 10.2. The van der Waals surface area contributed by atoms with Gasteiger partial charge < -0.3 is 10.1 Å². The first-order chi connectivity index (χ1) is 10.1. The Bertz CT molecular complexity index is 582. The minimum atomic E-state index is -0.0832. The summed E-state index contributed by atoms with van der Waals surface area (Å²) in [6, 6.07) is 13.2. The minimum absolute atomic E-state index is 0.0832. The van der Waals surface area contributed by atoms with Crippen molar-refractivity contribution in [3.05, 3.63) is 59.9 Å². The van der Waals surface area contributed by atoms with Crippen molar-refractivity contribution < 1.29 is 9.53 Å². The summed E-state index contributed by atoms with van der Waals surface area (Å²) in [5, 5.41) is 2.86. The summed E-state index contributed by atoms with van der Waals surface area (Å²) in [4.78, 5) is 16.2. The molecule has 110 valence electrons. The zero-order valence-electron chi connectivity index (χ0n) is 12.4. The molecule has 1 aromatic carbocycles. The molecule has 21 heavy (non-hydrogen) atoms. The van der Waals surface area contributed by atoms with Crippen LogP contribution in [-0.4, -0.2) is 23.5 Å². The molecule has 1 heterocycles. The maximum absolute atomic E-state index is 11.9. The highest BCUT2D eigenvalue weighted by Crippen LogP contribution is 2.14. The van der Waals surface area contributed by atoms with Crippen LogP contribution in [-0.2, 0) is 6.42 Å². The van der Waals surface area contributed by atoms with Crippen LogP contribution < -0.4 is 10.1 Å². The molecule has 0 saturated carbocycles. The summed E-state index contributed by atoms with van der Waals surface area (Å²) >= 11 is 0. The second-order valence-corrected chi connectivity index (χ2v) is 5.08. The van der Waals surface area contributed by atoms with Gasteiger partial charge in [-0.25, -0.2) is 0 Å². The molecule has 0 aliphatic carbocycles. The molecule has 1 amide bonds. The van der Waals surface area contributed by atoms with Crippen molar-refractivity contribution in [2.45, 2.75) is 26.3 Å². The Morgan fingerprint density at radius 3 is 2.81 bits per heavy atom. The van der Waals surface area contributed by atoms with E-state index in [-0.39, 0.29) is 11.9 Å². The average molecular weight is 284 g/mol. The highest BCUT2D eigenvalue weighted by Gasteiger charge is 2.07. The molecule has 0 fully saturated rings. The Morgan fingerprint density at radius 1 is 1.24 bits per heavy atom. The van der Waals surface area contributed by atoms with Crippen molar-refractivity contribution in [2.75, 3.05) is 6.61 Å². The molecule has 1 N–H and O–H groups in total. The topological polar surface area (TPSA) is 51.2 Å². The van der Waals surface area contributed by atoms with E-state index in [0.29, 0.717) is 17.9 Å². The SMILES string of the molecule is CC(C)NC(=O)c1cccc(OCCc2ccccn2)c1. The zero-order chi connectivity index (χ0) is 15.1. The van der Waals surface area contributed by atoms with Gasteiger partial charge in [0.25, 0.3) is 5.91 Å². The summed E-state index contributed by atoms with van der Waals surface area (Å²) in [7, 11) is 0. The Hall–Kier alpha value is -2.36. The van der Waals surface area contributed by atoms with E-state index in [0.717, 1.165) is 12.1 Å². The number of pyridine rings is 1. The van der Waals surface area contributed by atoms with Crippen molar-refractivity contribution in [1.29, 1.82) is 0 Å². The molecule has 0 unspecified atom stereocenters. The summed E-state index contributed by atoms with van der Waals surface area (Å²) in [5.41, 5.74) is 1.60. The van der Waals surface area contributed by atoms with Gasteiger partial charge in [-0.1, -0.05) is 12.1 Å². The van der Waals surface area contributed by atoms with Crippen molar-refractivity contribution in [3.8, 4) is 5.75 Å². The molecule has 2 rings (SSSR count). The molecule has 0 spiro atoms. The van der Waals surface area contributed by atoms with E-state index in [9.17, 15) is 4.79 Å². The van der Waals surface area contributed by atoms with E-state index in [2.05, 4.69) is 10.3 Å². The van der Waals surface area contributed by atoms with Gasteiger partial charge in [0.1, 0.15) is 5.75 Å². The normalized spacial score (nSPS) is 10.4. The molecular weight excluding hydrogens is 264 g/mol. The Morgan fingerprint density at radius 2 is 2.10 bits per heavy atom. The predicted octanol–water partition coefficient (Wildman–Crippen LogP) is 2.84. The Balaban J connectivity index is 1.90. The van der Waals surface area contributed by atoms with E-state index < -0.39 is 0 Å². The van der Waals surface area contributed by atoms with Gasteiger partial charge in [0.15, 0.2) is 0 Å². The van der Waals surface area contributed by atoms with Gasteiger partial charge in [-0.3, -0.25) is 9.78 Å². The lowest BCUT2D eigenvalue weighted by Crippen LogP contribution is -2.30. The van der Waals surface area contributed by atoms with E-state index in [1.165, 1.54) is 0 Å². The van der Waals surface area contributed by atoms with E-state index in [4.69, 9.17) is 4.74 Å². The number of ether oxygens (including phenoxy) is 1. The minimum Gasteiger partial charge on any atom is -0.493 e. The molecule has 2 aromatic rings. The standard InChI is InChI=1S/C17H20N2O2/c1-13(2)19-17(20)14-6-5-8-16(12-14)21-11-9-15-7-3-4-10-18-15/h3-8,10,12-13H,9,11H2,1-2H3,(H,19,20). The van der Waals surface area contributed by atoms with Crippen LogP contribution in [0.25, 0.3) is 0 Å². The smallest absolute Gasteiger partial charge is 0.251 e. The number of carbonyl (C=O) groups is 1. The fraction of sp³-hybridized carbons (Fsp3) is 0.294. The summed E-state index contributed by atoms with van der Waals surface area (Å²) in [6.07, 6.45) is 2.51. The second kappa shape index (κ2) is 7.43. The lowest BCUT2D eigenvalue weighted by molar-refractivity contribution is 0.0942. The van der Waals surface area contributed by atoms with Gasteiger partial charge in [-0.15, -0.1) is 0 Å². The molecule has 0 bridgehead atoms. The van der Waals surface area contributed by atoms with Gasteiger partial charge in [0.05, 0.1) is 6.61 Å². The van der Waals surface area contributed by atoms with Crippen molar-refractivity contribution in [2.24, 2.45) is 0 Å². The molecule has 0 aliphatic rings. The number of aromatic nitrogens is 1. The monoisotopic (exact) mass is 284 g/mol. The molecule has 1 aromatic heterocycles. The zero-order valence-corrected chi connectivity index (χ0v) is 12.4. The summed E-state index contributed by atoms with van der Waals surface area (Å²) in [6.45, 7) is 4.41. The maximum atomic E-state index is 11.9. The third kappa shape index (κ3) is 4.91. The third-order valence-corrected chi connectivity index (χ3v) is 2.87. The van der Waals surface area contributed by atoms with E-state index in [1.807, 2.05) is 44.2 Å². The molecule has 4 nitrogen and oxygen atoms in total. The number of amides is 1. The van der Waals surface area contributed by atoms with Gasteiger partial charge in [-0.2, -0.15) is 0 Å². The largest absolute Gasteiger partial charge is 0.493 e. The Kier molecular flexibility index (Phi) is 5.32. The first-order valence-electron chi connectivity index (χ1n) is 7.09. The van der Waals surface area contributed by atoms with Crippen LogP contribution in [0, 0.1) is 0 Å². The summed E-state index contributed by atoms with van der Waals surface area (Å²) in [5.74, 6) is 0.613. The second-order valence-electron chi connectivity index (χ2n) is 5.08. The molecule has 0 atom stereocenters. The van der Waals surface area contributed by atoms with Crippen LogP contribution in [0.5, 0.6) is 5.75 Å². The van der Waals surface area contributed by atoms with Crippen LogP contribution in [0.2, 0.25) is 0 Å². The molecule has 0 aliphatic heterocycles. The number of nitrogens with zero attached hydrogens (tertiary/aromatic N) is 1. The number of benzene rings is 1. The van der Waals surface area contributed by atoms with Crippen molar-refractivity contribution in [3.63, 3.8) is 0 Å². The van der Waals surface area contributed by atoms with Gasteiger partial charge in [0.2, 0.25) is 0 Å². The van der Waals surface area contributed by atoms with Gasteiger partial charge >= 0.3 is 0 Å². The van der Waals surface area contributed by atoms with Crippen LogP contribution in [0.1, 0.15) is 29.9 Å².